The Morgan fingerprint density at radius 3 is 2.80 bits per heavy atom. The van der Waals surface area contributed by atoms with Crippen molar-refractivity contribution in [2.75, 3.05) is 12.4 Å². The third-order valence-corrected chi connectivity index (χ3v) is 3.22. The Morgan fingerprint density at radius 1 is 1.35 bits per heavy atom. The maximum absolute atomic E-state index is 11.6. The largest absolute Gasteiger partial charge is 0.465 e. The average Bonchev–Trinajstić information content (AvgIpc) is 2.49. The molecule has 4 nitrogen and oxygen atoms in total. The number of nitrogens with zero attached hydrogens (tertiary/aromatic N) is 1. The lowest BCUT2D eigenvalue weighted by Gasteiger charge is -2.15. The number of halogens is 1. The SMILES string of the molecule is COC(=O)c1cc(NC(C)c2ccccn2)ccc1Cl. The first-order valence-electron chi connectivity index (χ1n) is 6.17. The summed E-state index contributed by atoms with van der Waals surface area (Å²) in [7, 11) is 1.33. The van der Waals surface area contributed by atoms with Gasteiger partial charge < -0.3 is 10.1 Å². The van der Waals surface area contributed by atoms with Crippen LogP contribution >= 0.6 is 11.6 Å². The molecule has 1 atom stereocenters. The number of carbonyl (C=O) groups is 1. The number of ether oxygens (including phenoxy) is 1. The zero-order valence-corrected chi connectivity index (χ0v) is 12.0. The molecule has 0 amide bonds. The Kier molecular flexibility index (Phi) is 4.58. The van der Waals surface area contributed by atoms with Crippen LogP contribution in [0.2, 0.25) is 5.02 Å². The minimum absolute atomic E-state index is 0.0165. The zero-order chi connectivity index (χ0) is 14.5. The molecule has 1 aromatic carbocycles. The van der Waals surface area contributed by atoms with Gasteiger partial charge in [-0.05, 0) is 37.3 Å². The van der Waals surface area contributed by atoms with Crippen molar-refractivity contribution in [3.05, 3.63) is 58.9 Å². The molecule has 0 spiro atoms. The molecule has 0 radical (unpaired) electrons. The molecule has 20 heavy (non-hydrogen) atoms. The molecule has 0 aliphatic rings. The highest BCUT2D eigenvalue weighted by atomic mass is 35.5. The summed E-state index contributed by atoms with van der Waals surface area (Å²) in [6.07, 6.45) is 1.75. The van der Waals surface area contributed by atoms with Crippen LogP contribution in [0, 0.1) is 0 Å². The fourth-order valence-electron chi connectivity index (χ4n) is 1.84. The van der Waals surface area contributed by atoms with E-state index in [4.69, 9.17) is 16.3 Å². The van der Waals surface area contributed by atoms with Gasteiger partial charge in [0.2, 0.25) is 0 Å². The molecule has 0 aliphatic heterocycles. The third-order valence-electron chi connectivity index (χ3n) is 2.89. The van der Waals surface area contributed by atoms with E-state index < -0.39 is 5.97 Å². The zero-order valence-electron chi connectivity index (χ0n) is 11.3. The van der Waals surface area contributed by atoms with Crippen LogP contribution in [0.25, 0.3) is 0 Å². The molecule has 2 rings (SSSR count). The van der Waals surface area contributed by atoms with Crippen LogP contribution in [0.4, 0.5) is 5.69 Å². The van der Waals surface area contributed by atoms with E-state index in [2.05, 4.69) is 10.3 Å². The Hall–Kier alpha value is -2.07. The Balaban J connectivity index is 2.20. The van der Waals surface area contributed by atoms with Gasteiger partial charge in [-0.1, -0.05) is 17.7 Å². The molecule has 0 bridgehead atoms. The van der Waals surface area contributed by atoms with Gasteiger partial charge in [0.15, 0.2) is 0 Å². The highest BCUT2D eigenvalue weighted by molar-refractivity contribution is 6.33. The Bertz CT molecular complexity index is 602. The van der Waals surface area contributed by atoms with Gasteiger partial charge >= 0.3 is 5.97 Å². The predicted octanol–water partition coefficient (Wildman–Crippen LogP) is 3.69. The minimum Gasteiger partial charge on any atom is -0.465 e. The summed E-state index contributed by atoms with van der Waals surface area (Å²) in [6.45, 7) is 1.99. The average molecular weight is 291 g/mol. The molecule has 0 fully saturated rings. The smallest absolute Gasteiger partial charge is 0.339 e. The molecule has 0 saturated heterocycles. The second kappa shape index (κ2) is 6.39. The van der Waals surface area contributed by atoms with Crippen LogP contribution in [0.1, 0.15) is 29.0 Å². The molecule has 2 aromatic rings. The number of carbonyl (C=O) groups excluding carboxylic acids is 1. The topological polar surface area (TPSA) is 51.2 Å². The van der Waals surface area contributed by atoms with Crippen LogP contribution < -0.4 is 5.32 Å². The van der Waals surface area contributed by atoms with Crippen molar-refractivity contribution in [1.29, 1.82) is 0 Å². The lowest BCUT2D eigenvalue weighted by Crippen LogP contribution is -2.09. The number of hydrogen-bond acceptors (Lipinski definition) is 4. The minimum atomic E-state index is -0.455. The second-order valence-electron chi connectivity index (χ2n) is 4.31. The second-order valence-corrected chi connectivity index (χ2v) is 4.71. The number of methoxy groups -OCH3 is 1. The summed E-state index contributed by atoms with van der Waals surface area (Å²) < 4.78 is 4.70. The highest BCUT2D eigenvalue weighted by Gasteiger charge is 2.13. The van der Waals surface area contributed by atoms with Crippen molar-refractivity contribution in [3.63, 3.8) is 0 Å². The summed E-state index contributed by atoms with van der Waals surface area (Å²) in [5, 5.41) is 3.64. The van der Waals surface area contributed by atoms with Gasteiger partial charge in [0, 0.05) is 11.9 Å². The molecule has 1 N–H and O–H groups in total. The third kappa shape index (κ3) is 3.27. The first-order valence-corrected chi connectivity index (χ1v) is 6.55. The van der Waals surface area contributed by atoms with E-state index in [1.165, 1.54) is 7.11 Å². The number of anilines is 1. The molecule has 104 valence electrons. The highest BCUT2D eigenvalue weighted by Crippen LogP contribution is 2.24. The standard InChI is InChI=1S/C15H15ClN2O2/c1-10(14-5-3-4-8-17-14)18-11-6-7-13(16)12(9-11)15(19)20-2/h3-10,18H,1-2H3. The molecule has 1 heterocycles. The van der Waals surface area contributed by atoms with E-state index in [1.807, 2.05) is 31.2 Å². The van der Waals surface area contributed by atoms with Crippen LogP contribution in [0.3, 0.4) is 0 Å². The van der Waals surface area contributed by atoms with E-state index in [-0.39, 0.29) is 6.04 Å². The van der Waals surface area contributed by atoms with Gasteiger partial charge in [0.1, 0.15) is 0 Å². The van der Waals surface area contributed by atoms with Crippen LogP contribution in [-0.4, -0.2) is 18.1 Å². The molecular weight excluding hydrogens is 276 g/mol. The fraction of sp³-hybridized carbons (Fsp3) is 0.200. The normalized spacial score (nSPS) is 11.8. The van der Waals surface area contributed by atoms with Gasteiger partial charge in [-0.2, -0.15) is 0 Å². The Morgan fingerprint density at radius 2 is 2.15 bits per heavy atom. The van der Waals surface area contributed by atoms with Gasteiger partial charge in [-0.3, -0.25) is 4.98 Å². The van der Waals surface area contributed by atoms with Gasteiger partial charge in [0.25, 0.3) is 0 Å². The molecule has 1 aromatic heterocycles. The number of aromatic nitrogens is 1. The number of nitrogens with one attached hydrogen (secondary N) is 1. The lowest BCUT2D eigenvalue weighted by molar-refractivity contribution is 0.0601. The van der Waals surface area contributed by atoms with E-state index >= 15 is 0 Å². The van der Waals surface area contributed by atoms with Crippen LogP contribution in [-0.2, 0) is 4.74 Å². The summed E-state index contributed by atoms with van der Waals surface area (Å²) in [5.74, 6) is -0.455. The summed E-state index contributed by atoms with van der Waals surface area (Å²) in [4.78, 5) is 15.9. The van der Waals surface area contributed by atoms with Crippen LogP contribution in [0.15, 0.2) is 42.6 Å². The quantitative estimate of drug-likeness (QED) is 0.873. The van der Waals surface area contributed by atoms with E-state index in [1.54, 1.807) is 18.3 Å². The van der Waals surface area contributed by atoms with E-state index in [0.29, 0.717) is 10.6 Å². The van der Waals surface area contributed by atoms with Gasteiger partial charge in [0.05, 0.1) is 29.4 Å². The van der Waals surface area contributed by atoms with Crippen LogP contribution in [0.5, 0.6) is 0 Å². The molecule has 0 saturated carbocycles. The number of benzene rings is 1. The van der Waals surface area contributed by atoms with Crippen molar-refractivity contribution in [2.24, 2.45) is 0 Å². The number of esters is 1. The van der Waals surface area contributed by atoms with Crippen molar-refractivity contribution in [3.8, 4) is 0 Å². The molecular formula is C15H15ClN2O2. The Labute approximate surface area is 122 Å². The summed E-state index contributed by atoms with van der Waals surface area (Å²) >= 11 is 5.98. The predicted molar refractivity (Wildman–Crippen MR) is 79.1 cm³/mol. The maximum atomic E-state index is 11.6. The number of hydrogen-bond donors (Lipinski definition) is 1. The summed E-state index contributed by atoms with van der Waals surface area (Å²) in [5.41, 5.74) is 2.04. The van der Waals surface area contributed by atoms with Crippen molar-refractivity contribution < 1.29 is 9.53 Å². The maximum Gasteiger partial charge on any atom is 0.339 e. The van der Waals surface area contributed by atoms with E-state index in [0.717, 1.165) is 11.4 Å². The number of pyridine rings is 1. The fourth-order valence-corrected chi connectivity index (χ4v) is 2.03. The lowest BCUT2D eigenvalue weighted by atomic mass is 10.1. The van der Waals surface area contributed by atoms with Crippen molar-refractivity contribution >= 4 is 23.3 Å². The van der Waals surface area contributed by atoms with Crippen molar-refractivity contribution in [2.45, 2.75) is 13.0 Å². The first kappa shape index (κ1) is 14.3. The molecule has 1 unspecified atom stereocenters. The number of rotatable bonds is 4. The first-order chi connectivity index (χ1) is 9.61. The van der Waals surface area contributed by atoms with Gasteiger partial charge in [-0.25, -0.2) is 4.79 Å². The van der Waals surface area contributed by atoms with Crippen molar-refractivity contribution in [1.82, 2.24) is 4.98 Å². The molecule has 5 heteroatoms. The molecule has 0 aliphatic carbocycles. The van der Waals surface area contributed by atoms with E-state index in [9.17, 15) is 4.79 Å². The van der Waals surface area contributed by atoms with Gasteiger partial charge in [-0.15, -0.1) is 0 Å². The monoisotopic (exact) mass is 290 g/mol. The summed E-state index contributed by atoms with van der Waals surface area (Å²) in [6, 6.07) is 10.9.